The minimum absolute atomic E-state index is 0.175. The smallest absolute Gasteiger partial charge is 0.223 e. The van der Waals surface area contributed by atoms with Crippen LogP contribution in [0.1, 0.15) is 56.6 Å². The van der Waals surface area contributed by atoms with Crippen molar-refractivity contribution in [2.75, 3.05) is 24.7 Å². The summed E-state index contributed by atoms with van der Waals surface area (Å²) >= 11 is 0. The van der Waals surface area contributed by atoms with E-state index in [1.165, 1.54) is 42.7 Å². The third-order valence-electron chi connectivity index (χ3n) is 6.05. The fourth-order valence-electron chi connectivity index (χ4n) is 4.32. The number of nitrogens with one attached hydrogen (secondary N) is 1. The number of aryl methyl sites for hydroxylation is 1. The van der Waals surface area contributed by atoms with Gasteiger partial charge < -0.3 is 5.32 Å². The van der Waals surface area contributed by atoms with Gasteiger partial charge in [-0.25, -0.2) is 22.7 Å². The van der Waals surface area contributed by atoms with Crippen LogP contribution in [0.15, 0.2) is 18.6 Å². The lowest BCUT2D eigenvalue weighted by atomic mass is 9.96. The van der Waals surface area contributed by atoms with E-state index < -0.39 is 10.0 Å². The molecule has 2 aromatic rings. The normalized spacial score (nSPS) is 20.1. The van der Waals surface area contributed by atoms with Crippen LogP contribution in [-0.4, -0.2) is 57.9 Å². The van der Waals surface area contributed by atoms with Gasteiger partial charge in [0.15, 0.2) is 0 Å². The number of hydrogen-bond donors (Lipinski definition) is 1. The maximum absolute atomic E-state index is 11.7. The zero-order valence-electron chi connectivity index (χ0n) is 17.2. The second-order valence-electron chi connectivity index (χ2n) is 8.31. The molecular formula is C20H30N6O2S. The van der Waals surface area contributed by atoms with Crippen molar-refractivity contribution in [3.05, 3.63) is 24.2 Å². The van der Waals surface area contributed by atoms with E-state index in [0.717, 1.165) is 29.7 Å². The first-order chi connectivity index (χ1) is 13.9. The molecule has 1 aliphatic carbocycles. The van der Waals surface area contributed by atoms with E-state index in [1.807, 2.05) is 19.3 Å². The lowest BCUT2D eigenvalue weighted by Gasteiger charge is -2.30. The molecule has 0 bridgehead atoms. The summed E-state index contributed by atoms with van der Waals surface area (Å²) in [5.41, 5.74) is 2.94. The van der Waals surface area contributed by atoms with Gasteiger partial charge in [0.25, 0.3) is 0 Å². The van der Waals surface area contributed by atoms with Gasteiger partial charge in [-0.2, -0.15) is 5.10 Å². The third-order valence-corrected chi connectivity index (χ3v) is 7.35. The maximum Gasteiger partial charge on any atom is 0.223 e. The average Bonchev–Trinajstić information content (AvgIpc) is 3.20. The van der Waals surface area contributed by atoms with Gasteiger partial charge in [-0.3, -0.25) is 4.68 Å². The van der Waals surface area contributed by atoms with Crippen LogP contribution in [0, 0.1) is 6.92 Å². The Morgan fingerprint density at radius 1 is 1.07 bits per heavy atom. The van der Waals surface area contributed by atoms with E-state index in [0.29, 0.717) is 25.1 Å². The molecule has 1 saturated heterocycles. The Morgan fingerprint density at radius 2 is 1.79 bits per heavy atom. The van der Waals surface area contributed by atoms with Gasteiger partial charge in [-0.1, -0.05) is 19.3 Å². The fourth-order valence-corrected chi connectivity index (χ4v) is 5.20. The van der Waals surface area contributed by atoms with E-state index in [-0.39, 0.29) is 6.04 Å². The predicted octanol–water partition coefficient (Wildman–Crippen LogP) is 2.99. The Balaban J connectivity index is 1.45. The Morgan fingerprint density at radius 3 is 2.48 bits per heavy atom. The van der Waals surface area contributed by atoms with Gasteiger partial charge >= 0.3 is 0 Å². The summed E-state index contributed by atoms with van der Waals surface area (Å²) in [4.78, 5) is 9.20. The van der Waals surface area contributed by atoms with Gasteiger partial charge in [0, 0.05) is 37.1 Å². The summed E-state index contributed by atoms with van der Waals surface area (Å²) in [6.45, 7) is 3.08. The number of piperidine rings is 1. The molecule has 2 fully saturated rings. The second kappa shape index (κ2) is 8.39. The van der Waals surface area contributed by atoms with Crippen molar-refractivity contribution < 1.29 is 8.42 Å². The van der Waals surface area contributed by atoms with Crippen molar-refractivity contribution in [3.63, 3.8) is 0 Å². The molecule has 0 atom stereocenters. The van der Waals surface area contributed by atoms with Crippen LogP contribution in [0.5, 0.6) is 0 Å². The summed E-state index contributed by atoms with van der Waals surface area (Å²) in [6.07, 6.45) is 14.9. The Bertz CT molecular complexity index is 944. The lowest BCUT2D eigenvalue weighted by Crippen LogP contribution is -2.42. The molecule has 0 spiro atoms. The van der Waals surface area contributed by atoms with Gasteiger partial charge in [0.05, 0.1) is 24.2 Å². The van der Waals surface area contributed by atoms with Gasteiger partial charge in [0.2, 0.25) is 16.0 Å². The fraction of sp³-hybridized carbons (Fsp3) is 0.650. The van der Waals surface area contributed by atoms with Crippen molar-refractivity contribution in [1.29, 1.82) is 0 Å². The summed E-state index contributed by atoms with van der Waals surface area (Å²) in [5.74, 6) is 0.592. The predicted molar refractivity (Wildman–Crippen MR) is 113 cm³/mol. The van der Waals surface area contributed by atoms with Crippen molar-refractivity contribution >= 4 is 16.0 Å². The number of anilines is 1. The molecule has 2 aromatic heterocycles. The molecule has 29 heavy (non-hydrogen) atoms. The summed E-state index contributed by atoms with van der Waals surface area (Å²) in [7, 11) is -3.11. The van der Waals surface area contributed by atoms with Crippen LogP contribution in [-0.2, 0) is 10.0 Å². The first-order valence-corrected chi connectivity index (χ1v) is 12.3. The Hall–Kier alpha value is -2.00. The molecule has 2 aliphatic rings. The molecule has 0 amide bonds. The van der Waals surface area contributed by atoms with Gasteiger partial charge in [-0.15, -0.1) is 0 Å². The third kappa shape index (κ3) is 4.78. The summed E-state index contributed by atoms with van der Waals surface area (Å²) in [6, 6.07) is 0.672. The highest BCUT2D eigenvalue weighted by Crippen LogP contribution is 2.30. The van der Waals surface area contributed by atoms with E-state index >= 15 is 0 Å². The van der Waals surface area contributed by atoms with Crippen molar-refractivity contribution in [2.45, 2.75) is 64.0 Å². The minimum Gasteiger partial charge on any atom is -0.351 e. The first-order valence-electron chi connectivity index (χ1n) is 10.5. The summed E-state index contributed by atoms with van der Waals surface area (Å²) < 4.78 is 27.0. The van der Waals surface area contributed by atoms with E-state index in [9.17, 15) is 8.42 Å². The largest absolute Gasteiger partial charge is 0.351 e. The SMILES string of the molecule is Cc1cnc(NC2CCN(S(C)(=O)=O)CC2)nc1-c1cnn(C2CCCCC2)c1. The highest BCUT2D eigenvalue weighted by Gasteiger charge is 2.25. The number of aromatic nitrogens is 4. The van der Waals surface area contributed by atoms with E-state index in [1.54, 1.807) is 0 Å². The number of hydrogen-bond acceptors (Lipinski definition) is 6. The monoisotopic (exact) mass is 418 g/mol. The van der Waals surface area contributed by atoms with Gasteiger partial charge in [-0.05, 0) is 38.2 Å². The average molecular weight is 419 g/mol. The van der Waals surface area contributed by atoms with Crippen LogP contribution in [0.4, 0.5) is 5.95 Å². The number of nitrogens with zero attached hydrogens (tertiary/aromatic N) is 5. The van der Waals surface area contributed by atoms with Crippen LogP contribution in [0.25, 0.3) is 11.3 Å². The molecule has 158 valence electrons. The Labute approximate surface area is 172 Å². The van der Waals surface area contributed by atoms with Crippen molar-refractivity contribution in [2.24, 2.45) is 0 Å². The molecule has 0 unspecified atom stereocenters. The highest BCUT2D eigenvalue weighted by molar-refractivity contribution is 7.88. The maximum atomic E-state index is 11.7. The van der Waals surface area contributed by atoms with Crippen molar-refractivity contribution in [3.8, 4) is 11.3 Å². The molecule has 4 rings (SSSR count). The highest BCUT2D eigenvalue weighted by atomic mass is 32.2. The molecular weight excluding hydrogens is 388 g/mol. The molecule has 0 radical (unpaired) electrons. The standard InChI is InChI=1S/C20H30N6O2S/c1-15-12-21-20(23-17-8-10-25(11-9-17)29(2,27)28)24-19(15)16-13-22-26(14-16)18-6-4-3-5-7-18/h12-14,17-18H,3-11H2,1-2H3,(H,21,23,24). The first kappa shape index (κ1) is 20.3. The van der Waals surface area contributed by atoms with Crippen LogP contribution in [0.2, 0.25) is 0 Å². The zero-order chi connectivity index (χ0) is 20.4. The second-order valence-corrected chi connectivity index (χ2v) is 10.3. The van der Waals surface area contributed by atoms with Crippen molar-refractivity contribution in [1.82, 2.24) is 24.1 Å². The molecule has 0 aromatic carbocycles. The number of rotatable bonds is 5. The van der Waals surface area contributed by atoms with Gasteiger partial charge in [0.1, 0.15) is 0 Å². The Kier molecular flexibility index (Phi) is 5.87. The van der Waals surface area contributed by atoms with E-state index in [4.69, 9.17) is 4.98 Å². The molecule has 1 N–H and O–H groups in total. The number of sulfonamides is 1. The molecule has 3 heterocycles. The minimum atomic E-state index is -3.11. The molecule has 8 nitrogen and oxygen atoms in total. The summed E-state index contributed by atoms with van der Waals surface area (Å²) in [5, 5.41) is 8.00. The van der Waals surface area contributed by atoms with Crippen LogP contribution in [0.3, 0.4) is 0 Å². The van der Waals surface area contributed by atoms with Crippen LogP contribution < -0.4 is 5.32 Å². The molecule has 9 heteroatoms. The van der Waals surface area contributed by atoms with Crippen LogP contribution >= 0.6 is 0 Å². The van der Waals surface area contributed by atoms with E-state index in [2.05, 4.69) is 26.3 Å². The zero-order valence-corrected chi connectivity index (χ0v) is 18.0. The quantitative estimate of drug-likeness (QED) is 0.802. The molecule has 1 saturated carbocycles. The topological polar surface area (TPSA) is 93.0 Å². The molecule has 1 aliphatic heterocycles. The lowest BCUT2D eigenvalue weighted by molar-refractivity contribution is 0.329.